The first-order valence-electron chi connectivity index (χ1n) is 6.77. The van der Waals surface area contributed by atoms with Crippen molar-refractivity contribution in [3.63, 3.8) is 0 Å². The van der Waals surface area contributed by atoms with E-state index in [2.05, 4.69) is 19.9 Å². The van der Waals surface area contributed by atoms with Crippen molar-refractivity contribution in [3.05, 3.63) is 58.9 Å². The summed E-state index contributed by atoms with van der Waals surface area (Å²) in [4.78, 5) is 0. The molecule has 0 heterocycles. The first-order valence-corrected chi connectivity index (χ1v) is 6.77. The maximum atomic E-state index is 13.5. The van der Waals surface area contributed by atoms with Crippen molar-refractivity contribution in [3.8, 4) is 11.5 Å². The molecule has 2 aromatic carbocycles. The highest BCUT2D eigenvalue weighted by molar-refractivity contribution is 5.41. The molecule has 2 aromatic rings. The molecular weight excluding hydrogens is 253 g/mol. The molecule has 0 aliphatic carbocycles. The summed E-state index contributed by atoms with van der Waals surface area (Å²) in [6, 6.07) is 10.7. The third kappa shape index (κ3) is 3.36. The molecule has 0 saturated heterocycles. The van der Waals surface area contributed by atoms with Crippen molar-refractivity contribution < 1.29 is 9.13 Å². The van der Waals surface area contributed by atoms with E-state index in [1.165, 1.54) is 17.7 Å². The quantitative estimate of drug-likeness (QED) is 0.889. The van der Waals surface area contributed by atoms with Gasteiger partial charge in [0.25, 0.3) is 0 Å². The molecule has 0 aliphatic heterocycles. The number of ether oxygens (including phenoxy) is 1. The van der Waals surface area contributed by atoms with Crippen LogP contribution in [0.5, 0.6) is 11.5 Å². The Balaban J connectivity index is 2.34. The van der Waals surface area contributed by atoms with Gasteiger partial charge in [-0.1, -0.05) is 26.0 Å². The average Bonchev–Trinajstić information content (AvgIpc) is 2.40. The fraction of sp³-hybridized carbons (Fsp3) is 0.294. The van der Waals surface area contributed by atoms with Gasteiger partial charge in [-0.15, -0.1) is 0 Å². The Morgan fingerprint density at radius 3 is 2.55 bits per heavy atom. The standard InChI is InChI=1S/C17H20FNO/c1-11(2)14-5-4-12(3)17(8-14)20-16-7-13(10-19)6-15(18)9-16/h4-9,11H,10,19H2,1-3H3. The fourth-order valence-corrected chi connectivity index (χ4v) is 2.01. The maximum absolute atomic E-state index is 13.5. The van der Waals surface area contributed by atoms with Crippen LogP contribution in [0.15, 0.2) is 36.4 Å². The Labute approximate surface area is 119 Å². The molecule has 0 bridgehead atoms. The first-order chi connectivity index (χ1) is 9.49. The van der Waals surface area contributed by atoms with Crippen LogP contribution in [0.4, 0.5) is 4.39 Å². The van der Waals surface area contributed by atoms with Crippen LogP contribution in [0.3, 0.4) is 0 Å². The molecule has 2 nitrogen and oxygen atoms in total. The largest absolute Gasteiger partial charge is 0.457 e. The zero-order valence-corrected chi connectivity index (χ0v) is 12.1. The second-order valence-corrected chi connectivity index (χ2v) is 5.28. The fourth-order valence-electron chi connectivity index (χ4n) is 2.01. The van der Waals surface area contributed by atoms with Crippen molar-refractivity contribution in [2.24, 2.45) is 5.73 Å². The van der Waals surface area contributed by atoms with Crippen molar-refractivity contribution in [2.45, 2.75) is 33.2 Å². The average molecular weight is 273 g/mol. The highest BCUT2D eigenvalue weighted by atomic mass is 19.1. The van der Waals surface area contributed by atoms with Gasteiger partial charge < -0.3 is 10.5 Å². The molecule has 0 aromatic heterocycles. The van der Waals surface area contributed by atoms with Crippen molar-refractivity contribution >= 4 is 0 Å². The van der Waals surface area contributed by atoms with E-state index in [1.54, 1.807) is 6.07 Å². The molecule has 0 saturated carbocycles. The predicted molar refractivity (Wildman–Crippen MR) is 79.6 cm³/mol. The van der Waals surface area contributed by atoms with E-state index in [0.29, 0.717) is 18.2 Å². The van der Waals surface area contributed by atoms with Gasteiger partial charge >= 0.3 is 0 Å². The lowest BCUT2D eigenvalue weighted by Crippen LogP contribution is -1.98. The minimum absolute atomic E-state index is 0.291. The molecular formula is C17H20FNO. The van der Waals surface area contributed by atoms with Crippen LogP contribution in [0.1, 0.15) is 36.5 Å². The minimum atomic E-state index is -0.333. The molecule has 0 unspecified atom stereocenters. The van der Waals surface area contributed by atoms with Crippen LogP contribution in [-0.4, -0.2) is 0 Å². The summed E-state index contributed by atoms with van der Waals surface area (Å²) in [5, 5.41) is 0. The second-order valence-electron chi connectivity index (χ2n) is 5.28. The Morgan fingerprint density at radius 2 is 1.90 bits per heavy atom. The highest BCUT2D eigenvalue weighted by Crippen LogP contribution is 2.29. The number of rotatable bonds is 4. The predicted octanol–water partition coefficient (Wildman–Crippen LogP) is 4.51. The first kappa shape index (κ1) is 14.5. The number of aryl methyl sites for hydroxylation is 1. The van der Waals surface area contributed by atoms with Crippen LogP contribution in [0.2, 0.25) is 0 Å². The number of hydrogen-bond donors (Lipinski definition) is 1. The van der Waals surface area contributed by atoms with Crippen molar-refractivity contribution in [1.29, 1.82) is 0 Å². The van der Waals surface area contributed by atoms with E-state index in [1.807, 2.05) is 19.1 Å². The summed E-state index contributed by atoms with van der Waals surface area (Å²) in [6.45, 7) is 6.52. The summed E-state index contributed by atoms with van der Waals surface area (Å²) in [5.41, 5.74) is 8.49. The Morgan fingerprint density at radius 1 is 1.15 bits per heavy atom. The van der Waals surface area contributed by atoms with E-state index in [-0.39, 0.29) is 5.82 Å². The summed E-state index contributed by atoms with van der Waals surface area (Å²) in [7, 11) is 0. The third-order valence-corrected chi connectivity index (χ3v) is 3.27. The summed E-state index contributed by atoms with van der Waals surface area (Å²) < 4.78 is 19.3. The molecule has 2 rings (SSSR count). The number of benzene rings is 2. The molecule has 3 heteroatoms. The van der Waals surface area contributed by atoms with Gasteiger partial charge in [0.05, 0.1) is 0 Å². The molecule has 2 N–H and O–H groups in total. The molecule has 0 aliphatic rings. The van der Waals surface area contributed by atoms with Gasteiger partial charge in [0, 0.05) is 12.6 Å². The molecule has 0 radical (unpaired) electrons. The van der Waals surface area contributed by atoms with Crippen molar-refractivity contribution in [2.75, 3.05) is 0 Å². The van der Waals surface area contributed by atoms with Gasteiger partial charge in [0.1, 0.15) is 17.3 Å². The Hall–Kier alpha value is -1.87. The van der Waals surface area contributed by atoms with E-state index < -0.39 is 0 Å². The van der Waals surface area contributed by atoms with Crippen LogP contribution >= 0.6 is 0 Å². The maximum Gasteiger partial charge on any atom is 0.130 e. The van der Waals surface area contributed by atoms with Gasteiger partial charge in [-0.05, 0) is 47.7 Å². The normalized spacial score (nSPS) is 10.9. The number of halogens is 1. The monoisotopic (exact) mass is 273 g/mol. The minimum Gasteiger partial charge on any atom is -0.457 e. The zero-order valence-electron chi connectivity index (χ0n) is 12.1. The van der Waals surface area contributed by atoms with Crippen LogP contribution in [0.25, 0.3) is 0 Å². The van der Waals surface area contributed by atoms with Gasteiger partial charge in [-0.3, -0.25) is 0 Å². The lowest BCUT2D eigenvalue weighted by atomic mass is 10.0. The molecule has 0 atom stereocenters. The van der Waals surface area contributed by atoms with E-state index in [9.17, 15) is 4.39 Å². The van der Waals surface area contributed by atoms with Gasteiger partial charge in [-0.25, -0.2) is 4.39 Å². The molecule has 106 valence electrons. The van der Waals surface area contributed by atoms with E-state index in [0.717, 1.165) is 16.9 Å². The van der Waals surface area contributed by atoms with E-state index in [4.69, 9.17) is 10.5 Å². The second kappa shape index (κ2) is 6.06. The molecule has 0 fully saturated rings. The third-order valence-electron chi connectivity index (χ3n) is 3.27. The summed E-state index contributed by atoms with van der Waals surface area (Å²) in [5.74, 6) is 1.32. The van der Waals surface area contributed by atoms with Crippen LogP contribution in [0, 0.1) is 12.7 Å². The molecule has 20 heavy (non-hydrogen) atoms. The lowest BCUT2D eigenvalue weighted by molar-refractivity contribution is 0.471. The van der Waals surface area contributed by atoms with Crippen LogP contribution < -0.4 is 10.5 Å². The van der Waals surface area contributed by atoms with E-state index >= 15 is 0 Å². The highest BCUT2D eigenvalue weighted by Gasteiger charge is 2.07. The van der Waals surface area contributed by atoms with Gasteiger partial charge in [0.15, 0.2) is 0 Å². The smallest absolute Gasteiger partial charge is 0.130 e. The molecule has 0 spiro atoms. The number of nitrogens with two attached hydrogens (primary N) is 1. The summed E-state index contributed by atoms with van der Waals surface area (Å²) >= 11 is 0. The topological polar surface area (TPSA) is 35.2 Å². The van der Waals surface area contributed by atoms with Crippen molar-refractivity contribution in [1.82, 2.24) is 0 Å². The number of hydrogen-bond acceptors (Lipinski definition) is 2. The Kier molecular flexibility index (Phi) is 4.40. The summed E-state index contributed by atoms with van der Waals surface area (Å²) in [6.07, 6.45) is 0. The molecule has 0 amide bonds. The SMILES string of the molecule is Cc1ccc(C(C)C)cc1Oc1cc(F)cc(CN)c1. The van der Waals surface area contributed by atoms with Crippen LogP contribution in [-0.2, 0) is 6.54 Å². The zero-order chi connectivity index (χ0) is 14.7. The lowest BCUT2D eigenvalue weighted by Gasteiger charge is -2.13. The Bertz CT molecular complexity index is 608. The van der Waals surface area contributed by atoms with Gasteiger partial charge in [0.2, 0.25) is 0 Å². The van der Waals surface area contributed by atoms with Gasteiger partial charge in [-0.2, -0.15) is 0 Å².